The summed E-state index contributed by atoms with van der Waals surface area (Å²) in [4.78, 5) is 4.43. The van der Waals surface area contributed by atoms with Crippen molar-refractivity contribution in [2.45, 2.75) is 39.7 Å². The van der Waals surface area contributed by atoms with Gasteiger partial charge in [0.25, 0.3) is 0 Å². The van der Waals surface area contributed by atoms with Crippen LogP contribution < -0.4 is 5.32 Å². The lowest BCUT2D eigenvalue weighted by Gasteiger charge is -2.17. The Bertz CT molecular complexity index is 294. The molecule has 2 nitrogen and oxygen atoms in total. The number of hydrogen-bond acceptors (Lipinski definition) is 2. The van der Waals surface area contributed by atoms with Crippen molar-refractivity contribution in [2.75, 3.05) is 7.05 Å². The molecule has 0 bridgehead atoms. The van der Waals surface area contributed by atoms with Crippen LogP contribution in [-0.4, -0.2) is 12.0 Å². The minimum Gasteiger partial charge on any atom is -0.312 e. The van der Waals surface area contributed by atoms with Crippen molar-refractivity contribution in [1.29, 1.82) is 0 Å². The molecule has 0 amide bonds. The summed E-state index contributed by atoms with van der Waals surface area (Å²) in [5.41, 5.74) is 2.45. The summed E-state index contributed by atoms with van der Waals surface area (Å²) in [5.74, 6) is 0.755. The van der Waals surface area contributed by atoms with Crippen molar-refractivity contribution in [3.63, 3.8) is 0 Å². The molecule has 0 radical (unpaired) electrons. The molecule has 1 heterocycles. The van der Waals surface area contributed by atoms with Crippen LogP contribution in [0.3, 0.4) is 0 Å². The second-order valence-electron chi connectivity index (χ2n) is 4.57. The lowest BCUT2D eigenvalue weighted by molar-refractivity contribution is 0.458. The van der Waals surface area contributed by atoms with Gasteiger partial charge in [-0.25, -0.2) is 0 Å². The minimum absolute atomic E-state index is 0.396. The smallest absolute Gasteiger partial charge is 0.0575 e. The first-order chi connectivity index (χ1) is 7.13. The van der Waals surface area contributed by atoms with Crippen molar-refractivity contribution >= 4 is 0 Å². The van der Waals surface area contributed by atoms with E-state index in [1.807, 2.05) is 19.3 Å². The maximum absolute atomic E-state index is 4.43. The van der Waals surface area contributed by atoms with Gasteiger partial charge in [0.2, 0.25) is 0 Å². The normalized spacial score (nSPS) is 13.1. The second-order valence-corrected chi connectivity index (χ2v) is 4.57. The van der Waals surface area contributed by atoms with Crippen LogP contribution in [-0.2, 0) is 0 Å². The number of nitrogens with zero attached hydrogens (tertiary/aromatic N) is 1. The van der Waals surface area contributed by atoms with Gasteiger partial charge >= 0.3 is 0 Å². The van der Waals surface area contributed by atoms with Crippen LogP contribution in [0.4, 0.5) is 0 Å². The summed E-state index contributed by atoms with van der Waals surface area (Å²) < 4.78 is 0. The first-order valence-electron chi connectivity index (χ1n) is 5.73. The second kappa shape index (κ2) is 5.86. The quantitative estimate of drug-likeness (QED) is 0.800. The maximum atomic E-state index is 4.43. The summed E-state index contributed by atoms with van der Waals surface area (Å²) in [6.07, 6.45) is 4.29. The Morgan fingerprint density at radius 1 is 1.33 bits per heavy atom. The third kappa shape index (κ3) is 4.00. The molecule has 84 valence electrons. The van der Waals surface area contributed by atoms with Crippen molar-refractivity contribution in [1.82, 2.24) is 10.3 Å². The number of rotatable bonds is 5. The molecule has 1 unspecified atom stereocenters. The summed E-state index contributed by atoms with van der Waals surface area (Å²) >= 11 is 0. The molecule has 0 saturated carbocycles. The molecule has 0 aliphatic carbocycles. The fourth-order valence-electron chi connectivity index (χ4n) is 1.69. The number of hydrogen-bond donors (Lipinski definition) is 1. The van der Waals surface area contributed by atoms with E-state index in [-0.39, 0.29) is 0 Å². The van der Waals surface area contributed by atoms with E-state index in [2.05, 4.69) is 37.1 Å². The predicted octanol–water partition coefficient (Wildman–Crippen LogP) is 3.09. The first-order valence-corrected chi connectivity index (χ1v) is 5.73. The van der Waals surface area contributed by atoms with Gasteiger partial charge in [0.05, 0.1) is 5.69 Å². The molecule has 1 aromatic heterocycles. The highest BCUT2D eigenvalue weighted by atomic mass is 14.9. The number of aromatic nitrogens is 1. The number of pyridine rings is 1. The Kier molecular flexibility index (Phi) is 4.76. The van der Waals surface area contributed by atoms with Crippen LogP contribution in [0.15, 0.2) is 18.3 Å². The van der Waals surface area contributed by atoms with Gasteiger partial charge in [0.15, 0.2) is 0 Å². The van der Waals surface area contributed by atoms with Crippen molar-refractivity contribution in [3.05, 3.63) is 29.6 Å². The van der Waals surface area contributed by atoms with E-state index < -0.39 is 0 Å². The van der Waals surface area contributed by atoms with Gasteiger partial charge in [-0.2, -0.15) is 0 Å². The van der Waals surface area contributed by atoms with E-state index in [0.29, 0.717) is 6.04 Å². The standard InChI is InChI=1S/C13H22N2/c1-10(2)5-6-12(14-4)13-9-11(3)7-8-15-13/h7-10,12,14H,5-6H2,1-4H3. The van der Waals surface area contributed by atoms with E-state index in [0.717, 1.165) is 18.0 Å². The lowest BCUT2D eigenvalue weighted by atomic mass is 10.0. The summed E-state index contributed by atoms with van der Waals surface area (Å²) in [6.45, 7) is 6.63. The first kappa shape index (κ1) is 12.2. The number of nitrogens with one attached hydrogen (secondary N) is 1. The van der Waals surface area contributed by atoms with E-state index in [9.17, 15) is 0 Å². The Balaban J connectivity index is 2.65. The summed E-state index contributed by atoms with van der Waals surface area (Å²) in [6, 6.07) is 4.60. The minimum atomic E-state index is 0.396. The molecule has 2 heteroatoms. The van der Waals surface area contributed by atoms with Crippen LogP contribution in [0.1, 0.15) is 44.0 Å². The topological polar surface area (TPSA) is 24.9 Å². The SMILES string of the molecule is CNC(CCC(C)C)c1cc(C)ccn1. The van der Waals surface area contributed by atoms with Crippen LogP contribution in [0.25, 0.3) is 0 Å². The van der Waals surface area contributed by atoms with Gasteiger partial charge in [-0.1, -0.05) is 13.8 Å². The van der Waals surface area contributed by atoms with Crippen LogP contribution in [0.2, 0.25) is 0 Å². The fraction of sp³-hybridized carbons (Fsp3) is 0.615. The zero-order chi connectivity index (χ0) is 11.3. The molecule has 0 aliphatic rings. The van der Waals surface area contributed by atoms with Gasteiger partial charge in [-0.15, -0.1) is 0 Å². The van der Waals surface area contributed by atoms with Crippen molar-refractivity contribution in [3.8, 4) is 0 Å². The molecule has 1 rings (SSSR count). The monoisotopic (exact) mass is 206 g/mol. The Labute approximate surface area is 93.1 Å². The predicted molar refractivity (Wildman–Crippen MR) is 64.8 cm³/mol. The highest BCUT2D eigenvalue weighted by molar-refractivity contribution is 5.17. The molecule has 0 aliphatic heterocycles. The van der Waals surface area contributed by atoms with E-state index in [1.54, 1.807) is 0 Å². The summed E-state index contributed by atoms with van der Waals surface area (Å²) in [7, 11) is 2.01. The Morgan fingerprint density at radius 2 is 2.07 bits per heavy atom. The fourth-order valence-corrected chi connectivity index (χ4v) is 1.69. The zero-order valence-electron chi connectivity index (χ0n) is 10.2. The highest BCUT2D eigenvalue weighted by Crippen LogP contribution is 2.19. The molecule has 15 heavy (non-hydrogen) atoms. The van der Waals surface area contributed by atoms with Crippen LogP contribution >= 0.6 is 0 Å². The van der Waals surface area contributed by atoms with Gasteiger partial charge in [-0.05, 0) is 50.4 Å². The summed E-state index contributed by atoms with van der Waals surface area (Å²) in [5, 5.41) is 3.34. The zero-order valence-corrected chi connectivity index (χ0v) is 10.2. The molecular weight excluding hydrogens is 184 g/mol. The van der Waals surface area contributed by atoms with Gasteiger partial charge in [0.1, 0.15) is 0 Å². The maximum Gasteiger partial charge on any atom is 0.0575 e. The van der Waals surface area contributed by atoms with Gasteiger partial charge < -0.3 is 5.32 Å². The Morgan fingerprint density at radius 3 is 2.60 bits per heavy atom. The van der Waals surface area contributed by atoms with Crippen LogP contribution in [0, 0.1) is 12.8 Å². The van der Waals surface area contributed by atoms with Gasteiger partial charge in [-0.3, -0.25) is 4.98 Å². The Hall–Kier alpha value is -0.890. The molecule has 0 saturated heterocycles. The molecule has 0 fully saturated rings. The molecule has 1 aromatic rings. The molecule has 1 N–H and O–H groups in total. The molecule has 1 atom stereocenters. The van der Waals surface area contributed by atoms with E-state index >= 15 is 0 Å². The average Bonchev–Trinajstić information content (AvgIpc) is 2.18. The molecular formula is C13H22N2. The third-order valence-electron chi connectivity index (χ3n) is 2.67. The third-order valence-corrected chi connectivity index (χ3v) is 2.67. The van der Waals surface area contributed by atoms with Gasteiger partial charge in [0, 0.05) is 12.2 Å². The molecule has 0 aromatic carbocycles. The van der Waals surface area contributed by atoms with Crippen LogP contribution in [0.5, 0.6) is 0 Å². The molecule has 0 spiro atoms. The van der Waals surface area contributed by atoms with E-state index in [1.165, 1.54) is 12.0 Å². The highest BCUT2D eigenvalue weighted by Gasteiger charge is 2.10. The lowest BCUT2D eigenvalue weighted by Crippen LogP contribution is -2.18. The average molecular weight is 206 g/mol. The van der Waals surface area contributed by atoms with Crippen molar-refractivity contribution < 1.29 is 0 Å². The largest absolute Gasteiger partial charge is 0.312 e. The van der Waals surface area contributed by atoms with E-state index in [4.69, 9.17) is 0 Å². The van der Waals surface area contributed by atoms with Crippen molar-refractivity contribution in [2.24, 2.45) is 5.92 Å². The number of aryl methyl sites for hydroxylation is 1.